The fourth-order valence-corrected chi connectivity index (χ4v) is 2.17. The molecule has 0 aromatic heterocycles. The monoisotopic (exact) mass is 398 g/mol. The molecule has 0 aliphatic heterocycles. The molecule has 0 aliphatic carbocycles. The third-order valence-electron chi connectivity index (χ3n) is 3.48. The van der Waals surface area contributed by atoms with Gasteiger partial charge in [-0.2, -0.15) is 0 Å². The number of nitrogens with zero attached hydrogens (tertiary/aromatic N) is 2. The van der Waals surface area contributed by atoms with Crippen LogP contribution >= 0.6 is 0 Å². The van der Waals surface area contributed by atoms with Crippen LogP contribution in [0.15, 0.2) is 61.7 Å². The summed E-state index contributed by atoms with van der Waals surface area (Å²) in [6.45, 7) is 6.59. The van der Waals surface area contributed by atoms with E-state index in [1.165, 1.54) is 30.3 Å². The summed E-state index contributed by atoms with van der Waals surface area (Å²) in [5, 5.41) is 26.7. The Bertz CT molecular complexity index is 1020. The second kappa shape index (κ2) is 8.90. The van der Waals surface area contributed by atoms with Crippen LogP contribution in [0.4, 0.5) is 22.7 Å². The van der Waals surface area contributed by atoms with Crippen molar-refractivity contribution in [2.75, 3.05) is 10.6 Å². The van der Waals surface area contributed by atoms with Crippen molar-refractivity contribution in [2.24, 2.45) is 0 Å². The third kappa shape index (κ3) is 5.01. The summed E-state index contributed by atoms with van der Waals surface area (Å²) in [5.74, 6) is -1.37. The van der Waals surface area contributed by atoms with E-state index < -0.39 is 27.3 Å². The maximum Gasteiger partial charge on any atom is 0.295 e. The highest BCUT2D eigenvalue weighted by molar-refractivity contribution is 6.09. The first kappa shape index (κ1) is 20.8. The van der Waals surface area contributed by atoms with Crippen molar-refractivity contribution in [2.45, 2.75) is 0 Å². The highest BCUT2D eigenvalue weighted by Gasteiger charge is 2.24. The molecule has 0 bridgehead atoms. The number of hydrogen-bond donors (Lipinski definition) is 2. The summed E-state index contributed by atoms with van der Waals surface area (Å²) in [5.41, 5.74) is -1.19. The predicted molar refractivity (Wildman–Crippen MR) is 104 cm³/mol. The third-order valence-corrected chi connectivity index (χ3v) is 3.48. The van der Waals surface area contributed by atoms with E-state index >= 15 is 0 Å². The van der Waals surface area contributed by atoms with Crippen LogP contribution in [0.2, 0.25) is 0 Å². The smallest absolute Gasteiger partial charge is 0.295 e. The molecule has 0 heterocycles. The van der Waals surface area contributed by atoms with Crippen LogP contribution < -0.4 is 15.4 Å². The predicted octanol–water partition coefficient (Wildman–Crippen LogP) is 3.54. The van der Waals surface area contributed by atoms with Crippen molar-refractivity contribution in [1.82, 2.24) is 0 Å². The van der Waals surface area contributed by atoms with Crippen molar-refractivity contribution in [3.8, 4) is 11.5 Å². The Kier molecular flexibility index (Phi) is 6.38. The molecular weight excluding hydrogens is 384 g/mol. The Morgan fingerprint density at radius 1 is 0.862 bits per heavy atom. The fourth-order valence-electron chi connectivity index (χ4n) is 2.17. The molecule has 2 aromatic carbocycles. The van der Waals surface area contributed by atoms with Crippen molar-refractivity contribution >= 4 is 34.6 Å². The van der Waals surface area contributed by atoms with Crippen molar-refractivity contribution < 1.29 is 24.2 Å². The Labute approximate surface area is 163 Å². The number of non-ortho nitro benzene ring substituents is 1. The molecule has 0 radical (unpaired) electrons. The molecule has 11 heteroatoms. The van der Waals surface area contributed by atoms with E-state index in [4.69, 9.17) is 4.74 Å². The molecule has 0 saturated carbocycles. The first-order valence-electron chi connectivity index (χ1n) is 7.87. The lowest BCUT2D eigenvalue weighted by Crippen LogP contribution is -2.15. The summed E-state index contributed by atoms with van der Waals surface area (Å²) in [7, 11) is 0. The normalized spacial score (nSPS) is 9.79. The van der Waals surface area contributed by atoms with Gasteiger partial charge in [0.25, 0.3) is 11.4 Å². The maximum atomic E-state index is 11.8. The van der Waals surface area contributed by atoms with Crippen molar-refractivity contribution in [1.29, 1.82) is 0 Å². The molecule has 2 amide bonds. The first-order chi connectivity index (χ1) is 13.8. The number of ether oxygens (including phenoxy) is 1. The van der Waals surface area contributed by atoms with Gasteiger partial charge in [0.2, 0.25) is 11.8 Å². The quantitative estimate of drug-likeness (QED) is 0.391. The van der Waals surface area contributed by atoms with Gasteiger partial charge >= 0.3 is 0 Å². The van der Waals surface area contributed by atoms with Gasteiger partial charge in [-0.3, -0.25) is 29.8 Å². The zero-order valence-corrected chi connectivity index (χ0v) is 14.8. The summed E-state index contributed by atoms with van der Waals surface area (Å²) in [4.78, 5) is 44.3. The fraction of sp³-hybridized carbons (Fsp3) is 0. The van der Waals surface area contributed by atoms with E-state index in [1.807, 2.05) is 0 Å². The summed E-state index contributed by atoms with van der Waals surface area (Å²) in [6, 6.07) is 7.29. The molecule has 0 aliphatic rings. The van der Waals surface area contributed by atoms with Crippen molar-refractivity contribution in [3.05, 3.63) is 81.9 Å². The van der Waals surface area contributed by atoms with Crippen LogP contribution in [0.3, 0.4) is 0 Å². The zero-order valence-electron chi connectivity index (χ0n) is 14.8. The number of nitro benzene ring substituents is 2. The highest BCUT2D eigenvalue weighted by Crippen LogP contribution is 2.42. The van der Waals surface area contributed by atoms with Crippen molar-refractivity contribution in [3.63, 3.8) is 0 Å². The van der Waals surface area contributed by atoms with Gasteiger partial charge in [-0.15, -0.1) is 0 Å². The van der Waals surface area contributed by atoms with E-state index in [0.29, 0.717) is 0 Å². The van der Waals surface area contributed by atoms with Gasteiger partial charge in [-0.1, -0.05) is 13.2 Å². The molecule has 29 heavy (non-hydrogen) atoms. The molecule has 148 valence electrons. The lowest BCUT2D eigenvalue weighted by Gasteiger charge is -2.16. The van der Waals surface area contributed by atoms with E-state index in [2.05, 4.69) is 23.8 Å². The number of carbonyl (C=O) groups excluding carboxylic acids is 2. The SMILES string of the molecule is C=CC(=O)Nc1c(Oc2ccc([N+](=O)[O-])cc2)ccc([N+](=O)[O-])c1NC(=O)C=C. The Hall–Kier alpha value is -4.54. The minimum absolute atomic E-state index is 0.0565. The minimum atomic E-state index is -0.755. The second-order valence-corrected chi connectivity index (χ2v) is 5.33. The number of anilines is 2. The van der Waals surface area contributed by atoms with Gasteiger partial charge in [-0.25, -0.2) is 0 Å². The molecule has 2 aromatic rings. The summed E-state index contributed by atoms with van der Waals surface area (Å²) >= 11 is 0. The number of nitro groups is 2. The zero-order chi connectivity index (χ0) is 21.6. The number of carbonyl (C=O) groups is 2. The average Bonchev–Trinajstić information content (AvgIpc) is 2.70. The van der Waals surface area contributed by atoms with Crippen LogP contribution in [0.5, 0.6) is 11.5 Å². The first-order valence-corrected chi connectivity index (χ1v) is 7.87. The van der Waals surface area contributed by atoms with Crippen LogP contribution in [-0.2, 0) is 9.59 Å². The molecule has 0 spiro atoms. The van der Waals surface area contributed by atoms with Gasteiger partial charge in [0.05, 0.1) is 9.85 Å². The number of nitrogens with one attached hydrogen (secondary N) is 2. The van der Waals surface area contributed by atoms with E-state index in [9.17, 15) is 29.8 Å². The Morgan fingerprint density at radius 2 is 1.41 bits per heavy atom. The van der Waals surface area contributed by atoms with Crippen LogP contribution in [0.1, 0.15) is 0 Å². The number of benzene rings is 2. The number of amides is 2. The molecule has 11 nitrogen and oxygen atoms in total. The number of hydrogen-bond acceptors (Lipinski definition) is 7. The lowest BCUT2D eigenvalue weighted by atomic mass is 10.2. The number of rotatable bonds is 8. The van der Waals surface area contributed by atoms with Gasteiger partial charge in [0, 0.05) is 18.2 Å². The van der Waals surface area contributed by atoms with Crippen LogP contribution in [0, 0.1) is 20.2 Å². The Morgan fingerprint density at radius 3 is 1.90 bits per heavy atom. The van der Waals surface area contributed by atoms with Gasteiger partial charge in [-0.05, 0) is 30.4 Å². The van der Waals surface area contributed by atoms with E-state index in [0.717, 1.165) is 18.2 Å². The highest BCUT2D eigenvalue weighted by atomic mass is 16.6. The molecule has 0 unspecified atom stereocenters. The van der Waals surface area contributed by atoms with Gasteiger partial charge in [0.1, 0.15) is 17.1 Å². The van der Waals surface area contributed by atoms with E-state index in [-0.39, 0.29) is 28.6 Å². The Balaban J connectivity index is 2.58. The average molecular weight is 398 g/mol. The van der Waals surface area contributed by atoms with Crippen LogP contribution in [0.25, 0.3) is 0 Å². The lowest BCUT2D eigenvalue weighted by molar-refractivity contribution is -0.384. The van der Waals surface area contributed by atoms with Crippen LogP contribution in [-0.4, -0.2) is 21.7 Å². The summed E-state index contributed by atoms with van der Waals surface area (Å²) < 4.78 is 5.61. The summed E-state index contributed by atoms with van der Waals surface area (Å²) in [6.07, 6.45) is 1.82. The largest absolute Gasteiger partial charge is 0.455 e. The van der Waals surface area contributed by atoms with Gasteiger partial charge < -0.3 is 15.4 Å². The molecule has 0 atom stereocenters. The second-order valence-electron chi connectivity index (χ2n) is 5.33. The minimum Gasteiger partial charge on any atom is -0.455 e. The molecular formula is C18H14N4O7. The topological polar surface area (TPSA) is 154 Å². The molecule has 0 saturated heterocycles. The molecule has 2 rings (SSSR count). The molecule has 0 fully saturated rings. The van der Waals surface area contributed by atoms with Gasteiger partial charge in [0.15, 0.2) is 5.75 Å². The standard InChI is InChI=1S/C18H14N4O7/c1-3-15(23)19-17-13(22(27)28)9-10-14(18(17)20-16(24)4-2)29-12-7-5-11(6-8-12)21(25)26/h3-10H,1-2H2,(H,19,23)(H,20,24). The molecule has 2 N–H and O–H groups in total. The maximum absolute atomic E-state index is 11.8. The van der Waals surface area contributed by atoms with E-state index in [1.54, 1.807) is 0 Å².